The van der Waals surface area contributed by atoms with E-state index in [9.17, 15) is 0 Å². The molecule has 1 saturated carbocycles. The minimum atomic E-state index is 0.284. The van der Waals surface area contributed by atoms with Crippen LogP contribution in [-0.2, 0) is 11.3 Å². The molecule has 0 spiro atoms. The Morgan fingerprint density at radius 2 is 1.74 bits per heavy atom. The zero-order chi connectivity index (χ0) is 26.3. The highest BCUT2D eigenvalue weighted by Crippen LogP contribution is 2.37. The molecule has 2 fully saturated rings. The molecule has 2 aromatic carbocycles. The van der Waals surface area contributed by atoms with Gasteiger partial charge in [0.2, 0.25) is 0 Å². The van der Waals surface area contributed by atoms with Crippen LogP contribution in [0.3, 0.4) is 0 Å². The lowest BCUT2D eigenvalue weighted by Crippen LogP contribution is -2.45. The smallest absolute Gasteiger partial charge is 0.164 e. The molecule has 200 valence electrons. The van der Waals surface area contributed by atoms with E-state index in [1.54, 1.807) is 6.33 Å². The molecule has 0 bridgehead atoms. The number of anilines is 1. The molecule has 39 heavy (non-hydrogen) atoms. The number of nitrogens with zero attached hydrogens (tertiary/aromatic N) is 7. The quantitative estimate of drug-likeness (QED) is 0.335. The number of fused-ring (bicyclic) bond motifs is 2. The predicted molar refractivity (Wildman–Crippen MR) is 153 cm³/mol. The third kappa shape index (κ3) is 4.54. The summed E-state index contributed by atoms with van der Waals surface area (Å²) in [6.45, 7) is 4.40. The van der Waals surface area contributed by atoms with Gasteiger partial charge in [-0.1, -0.05) is 35.9 Å². The van der Waals surface area contributed by atoms with Crippen molar-refractivity contribution in [1.82, 2.24) is 34.2 Å². The Balaban J connectivity index is 1.20. The van der Waals surface area contributed by atoms with Gasteiger partial charge in [0.25, 0.3) is 0 Å². The van der Waals surface area contributed by atoms with Crippen LogP contribution >= 0.6 is 11.6 Å². The highest BCUT2D eigenvalue weighted by Gasteiger charge is 2.30. The molecule has 0 unspecified atom stereocenters. The van der Waals surface area contributed by atoms with E-state index in [1.165, 1.54) is 0 Å². The first-order valence-electron chi connectivity index (χ1n) is 13.6. The fraction of sp³-hybridized carbons (Fsp3) is 0.379. The van der Waals surface area contributed by atoms with Gasteiger partial charge in [-0.15, -0.1) is 0 Å². The maximum Gasteiger partial charge on any atom is 0.164 e. The van der Waals surface area contributed by atoms with Crippen LogP contribution in [0.15, 0.2) is 55.1 Å². The molecule has 0 amide bonds. The largest absolute Gasteiger partial charge is 0.383 e. The Labute approximate surface area is 231 Å². The van der Waals surface area contributed by atoms with Gasteiger partial charge in [-0.2, -0.15) is 5.10 Å². The Hall–Kier alpha value is -3.53. The zero-order valence-corrected chi connectivity index (χ0v) is 22.5. The second-order valence-electron chi connectivity index (χ2n) is 10.5. The fourth-order valence-corrected chi connectivity index (χ4v) is 6.41. The number of aromatic nitrogens is 6. The number of halogens is 1. The van der Waals surface area contributed by atoms with Crippen molar-refractivity contribution >= 4 is 39.5 Å². The third-order valence-electron chi connectivity index (χ3n) is 8.29. The van der Waals surface area contributed by atoms with Crippen LogP contribution in [0.25, 0.3) is 33.3 Å². The van der Waals surface area contributed by atoms with E-state index >= 15 is 0 Å². The van der Waals surface area contributed by atoms with Gasteiger partial charge in [0.1, 0.15) is 17.8 Å². The van der Waals surface area contributed by atoms with Crippen molar-refractivity contribution in [2.45, 2.75) is 44.3 Å². The minimum absolute atomic E-state index is 0.284. The van der Waals surface area contributed by atoms with Crippen LogP contribution in [0.5, 0.6) is 0 Å². The zero-order valence-electron chi connectivity index (χ0n) is 21.7. The van der Waals surface area contributed by atoms with Gasteiger partial charge in [0.05, 0.1) is 48.5 Å². The van der Waals surface area contributed by atoms with Crippen LogP contribution in [0.4, 0.5) is 5.82 Å². The van der Waals surface area contributed by atoms with Crippen molar-refractivity contribution in [3.63, 3.8) is 0 Å². The molecular weight excluding hydrogens is 512 g/mol. The summed E-state index contributed by atoms with van der Waals surface area (Å²) in [6, 6.07) is 15.1. The van der Waals surface area contributed by atoms with Gasteiger partial charge in [0, 0.05) is 29.7 Å². The van der Waals surface area contributed by atoms with E-state index in [0.717, 1.165) is 95.9 Å². The van der Waals surface area contributed by atoms with Crippen LogP contribution in [-0.4, -0.2) is 66.5 Å². The molecule has 4 heterocycles. The van der Waals surface area contributed by atoms with Gasteiger partial charge < -0.3 is 15.0 Å². The van der Waals surface area contributed by atoms with Crippen molar-refractivity contribution < 1.29 is 4.74 Å². The van der Waals surface area contributed by atoms with E-state index in [2.05, 4.69) is 42.3 Å². The van der Waals surface area contributed by atoms with E-state index in [4.69, 9.17) is 32.2 Å². The maximum atomic E-state index is 6.42. The summed E-state index contributed by atoms with van der Waals surface area (Å²) < 4.78 is 9.76. The summed E-state index contributed by atoms with van der Waals surface area (Å²) in [7, 11) is 0. The molecule has 7 rings (SSSR count). The second kappa shape index (κ2) is 10.2. The third-order valence-corrected chi connectivity index (χ3v) is 8.65. The maximum absolute atomic E-state index is 6.42. The lowest BCUT2D eigenvalue weighted by atomic mass is 9.90. The minimum Gasteiger partial charge on any atom is -0.383 e. The highest BCUT2D eigenvalue weighted by molar-refractivity contribution is 6.31. The molecule has 10 heteroatoms. The van der Waals surface area contributed by atoms with E-state index in [0.29, 0.717) is 18.4 Å². The number of imidazole rings is 1. The molecule has 0 radical (unpaired) electrons. The number of morpholine rings is 1. The number of ether oxygens (including phenoxy) is 1. The van der Waals surface area contributed by atoms with E-state index in [-0.39, 0.29) is 6.04 Å². The Kier molecular flexibility index (Phi) is 6.42. The molecule has 9 nitrogen and oxygen atoms in total. The molecule has 5 aromatic rings. The number of benzene rings is 2. The number of nitrogen functional groups attached to an aromatic ring is 1. The van der Waals surface area contributed by atoms with E-state index in [1.807, 2.05) is 30.6 Å². The second-order valence-corrected chi connectivity index (χ2v) is 10.9. The Morgan fingerprint density at radius 3 is 2.56 bits per heavy atom. The van der Waals surface area contributed by atoms with Crippen LogP contribution in [0.2, 0.25) is 5.02 Å². The number of rotatable bonds is 5. The van der Waals surface area contributed by atoms with Gasteiger partial charge >= 0.3 is 0 Å². The lowest BCUT2D eigenvalue weighted by Gasteiger charge is -2.38. The first kappa shape index (κ1) is 24.5. The summed E-state index contributed by atoms with van der Waals surface area (Å²) in [5.74, 6) is 0.451. The standard InChI is InChI=1S/C29H31ClN8O/c30-23-4-2-1-3-20(23)16-37-18-34-24-15-19(5-10-25(24)37)27-26-28(31)32-17-33-29(26)38(35-27)22-8-6-21(7-9-22)36-11-13-39-14-12-36/h1-5,10,15,17-18,21-22H,6-9,11-14,16H2,(H2,31,32,33)/t21-,22-. The molecule has 1 saturated heterocycles. The first-order chi connectivity index (χ1) is 19.2. The summed E-state index contributed by atoms with van der Waals surface area (Å²) in [6.07, 6.45) is 7.83. The molecule has 0 atom stereocenters. The predicted octanol–water partition coefficient (Wildman–Crippen LogP) is 4.94. The van der Waals surface area contributed by atoms with Crippen molar-refractivity contribution in [1.29, 1.82) is 0 Å². The van der Waals surface area contributed by atoms with Crippen LogP contribution in [0, 0.1) is 0 Å². The number of nitrogens with two attached hydrogens (primary N) is 1. The topological polar surface area (TPSA) is 99.9 Å². The Bertz CT molecular complexity index is 1630. The van der Waals surface area contributed by atoms with Gasteiger partial charge in [-0.25, -0.2) is 19.6 Å². The van der Waals surface area contributed by atoms with Crippen LogP contribution < -0.4 is 5.73 Å². The molecule has 2 N–H and O–H groups in total. The van der Waals surface area contributed by atoms with Gasteiger partial charge in [-0.05, 0) is 49.4 Å². The van der Waals surface area contributed by atoms with E-state index < -0.39 is 0 Å². The van der Waals surface area contributed by atoms with Crippen molar-refractivity contribution in [2.24, 2.45) is 0 Å². The molecule has 1 aliphatic heterocycles. The highest BCUT2D eigenvalue weighted by atomic mass is 35.5. The number of hydrogen-bond acceptors (Lipinski definition) is 7. The average Bonchev–Trinajstić information content (AvgIpc) is 3.57. The van der Waals surface area contributed by atoms with Crippen molar-refractivity contribution in [3.05, 3.63) is 65.7 Å². The lowest BCUT2D eigenvalue weighted by molar-refractivity contribution is 0.00520. The summed E-state index contributed by atoms with van der Waals surface area (Å²) in [5, 5.41) is 6.68. The normalized spacial score (nSPS) is 20.6. The summed E-state index contributed by atoms with van der Waals surface area (Å²) in [4.78, 5) is 16.2. The monoisotopic (exact) mass is 542 g/mol. The van der Waals surface area contributed by atoms with Gasteiger partial charge in [0.15, 0.2) is 5.65 Å². The van der Waals surface area contributed by atoms with Crippen molar-refractivity contribution in [2.75, 3.05) is 32.0 Å². The molecule has 3 aromatic heterocycles. The summed E-state index contributed by atoms with van der Waals surface area (Å²) in [5.41, 5.74) is 12.0. The molecular formula is C29H31ClN8O. The molecule has 2 aliphatic rings. The fourth-order valence-electron chi connectivity index (χ4n) is 6.21. The van der Waals surface area contributed by atoms with Crippen LogP contribution in [0.1, 0.15) is 37.3 Å². The SMILES string of the molecule is Nc1ncnc2c1c(-c1ccc3c(c1)ncn3Cc1ccccc1Cl)nn2[C@H]1CC[C@H](N2CCOCC2)CC1. The molecule has 1 aliphatic carbocycles. The average molecular weight is 543 g/mol. The van der Waals surface area contributed by atoms with Crippen molar-refractivity contribution in [3.8, 4) is 11.3 Å². The van der Waals surface area contributed by atoms with Gasteiger partial charge in [-0.3, -0.25) is 4.90 Å². The first-order valence-corrected chi connectivity index (χ1v) is 14.0. The summed E-state index contributed by atoms with van der Waals surface area (Å²) >= 11 is 6.41. The Morgan fingerprint density at radius 1 is 0.949 bits per heavy atom. The number of hydrogen-bond donors (Lipinski definition) is 1.